The molecule has 1 fully saturated rings. The van der Waals surface area contributed by atoms with Crippen molar-refractivity contribution in [2.45, 2.75) is 4.90 Å². The number of nitrogens with one attached hydrogen (secondary N) is 2. The minimum Gasteiger partial charge on any atom is -0.379 e. The number of ether oxygens (including phenoxy) is 1. The van der Waals surface area contributed by atoms with Crippen molar-refractivity contribution in [1.82, 2.24) is 4.90 Å². The highest BCUT2D eigenvalue weighted by atomic mass is 32.2. The van der Waals surface area contributed by atoms with Crippen LogP contribution in [-0.4, -0.2) is 55.3 Å². The fourth-order valence-corrected chi connectivity index (χ4v) is 4.15. The quantitative estimate of drug-likeness (QED) is 0.552. The van der Waals surface area contributed by atoms with Crippen LogP contribution in [0.5, 0.6) is 0 Å². The Bertz CT molecular complexity index is 1050. The average molecular weight is 436 g/mol. The summed E-state index contributed by atoms with van der Waals surface area (Å²) < 4.78 is 5.29. The average Bonchev–Trinajstić information content (AvgIpc) is 2.79. The van der Waals surface area contributed by atoms with Crippen LogP contribution in [0.2, 0.25) is 0 Å². The fourth-order valence-electron chi connectivity index (χ4n) is 3.40. The van der Waals surface area contributed by atoms with E-state index in [1.165, 1.54) is 22.5 Å². The van der Waals surface area contributed by atoms with Gasteiger partial charge in [-0.15, -0.1) is 11.8 Å². The lowest BCUT2D eigenvalue weighted by molar-refractivity contribution is -0.118. The Hall–Kier alpha value is -2.87. The second-order valence-corrected chi connectivity index (χ2v) is 8.41. The maximum absolute atomic E-state index is 12.3. The number of amides is 2. The summed E-state index contributed by atoms with van der Waals surface area (Å²) >= 11 is 1.51. The summed E-state index contributed by atoms with van der Waals surface area (Å²) in [5, 5.41) is 8.15. The Kier molecular flexibility index (Phi) is 7.19. The molecule has 6 nitrogen and oxygen atoms in total. The first-order valence-electron chi connectivity index (χ1n) is 10.3. The van der Waals surface area contributed by atoms with Gasteiger partial charge >= 0.3 is 0 Å². The van der Waals surface area contributed by atoms with Crippen molar-refractivity contribution in [2.24, 2.45) is 0 Å². The van der Waals surface area contributed by atoms with Crippen LogP contribution in [0.15, 0.2) is 71.6 Å². The van der Waals surface area contributed by atoms with E-state index in [9.17, 15) is 9.59 Å². The van der Waals surface area contributed by atoms with Gasteiger partial charge in [-0.05, 0) is 47.2 Å². The molecule has 31 heavy (non-hydrogen) atoms. The van der Waals surface area contributed by atoms with Crippen LogP contribution in [0, 0.1) is 0 Å². The molecule has 0 aliphatic carbocycles. The third kappa shape index (κ3) is 6.30. The van der Waals surface area contributed by atoms with Gasteiger partial charge in [0.05, 0.1) is 25.5 Å². The van der Waals surface area contributed by atoms with Crippen LogP contribution in [0.4, 0.5) is 11.4 Å². The van der Waals surface area contributed by atoms with E-state index in [0.29, 0.717) is 36.9 Å². The van der Waals surface area contributed by atoms with Crippen LogP contribution in [0.3, 0.4) is 0 Å². The van der Waals surface area contributed by atoms with E-state index in [1.54, 1.807) is 24.3 Å². The zero-order chi connectivity index (χ0) is 21.5. The van der Waals surface area contributed by atoms with Crippen molar-refractivity contribution in [3.63, 3.8) is 0 Å². The lowest BCUT2D eigenvalue weighted by Crippen LogP contribution is -2.41. The second-order valence-electron chi connectivity index (χ2n) is 7.36. The number of rotatable bonds is 7. The number of morpholine rings is 1. The summed E-state index contributed by atoms with van der Waals surface area (Å²) in [6.45, 7) is 3.24. The summed E-state index contributed by atoms with van der Waals surface area (Å²) in [4.78, 5) is 27.6. The molecule has 3 aromatic carbocycles. The van der Waals surface area contributed by atoms with Gasteiger partial charge in [-0.1, -0.05) is 30.3 Å². The molecule has 2 N–H and O–H groups in total. The van der Waals surface area contributed by atoms with E-state index in [2.05, 4.69) is 39.8 Å². The highest BCUT2D eigenvalue weighted by molar-refractivity contribution is 8.00. The van der Waals surface area contributed by atoms with Crippen molar-refractivity contribution in [1.29, 1.82) is 0 Å². The number of nitrogens with zero attached hydrogens (tertiary/aromatic N) is 1. The molecule has 4 rings (SSSR count). The molecule has 3 aromatic rings. The zero-order valence-corrected chi connectivity index (χ0v) is 18.0. The number of hydrogen-bond acceptors (Lipinski definition) is 5. The van der Waals surface area contributed by atoms with Gasteiger partial charge in [0.25, 0.3) is 0 Å². The van der Waals surface area contributed by atoms with E-state index in [-0.39, 0.29) is 11.8 Å². The molecule has 0 atom stereocenters. The first-order chi connectivity index (χ1) is 15.2. The maximum atomic E-state index is 12.3. The molecule has 1 heterocycles. The molecule has 0 bridgehead atoms. The third-order valence-corrected chi connectivity index (χ3v) is 6.01. The van der Waals surface area contributed by atoms with Gasteiger partial charge in [-0.2, -0.15) is 0 Å². The Morgan fingerprint density at radius 2 is 1.48 bits per heavy atom. The Labute approximate surface area is 186 Å². The van der Waals surface area contributed by atoms with Crippen LogP contribution >= 0.6 is 11.8 Å². The molecule has 0 saturated carbocycles. The summed E-state index contributed by atoms with van der Waals surface area (Å²) in [6, 6.07) is 21.6. The van der Waals surface area contributed by atoms with Crippen molar-refractivity contribution < 1.29 is 14.3 Å². The lowest BCUT2D eigenvalue weighted by atomic mass is 10.1. The number of carbonyl (C=O) groups is 2. The summed E-state index contributed by atoms with van der Waals surface area (Å²) in [5.74, 6) is 0.212. The van der Waals surface area contributed by atoms with E-state index in [1.807, 2.05) is 18.2 Å². The first-order valence-corrected chi connectivity index (χ1v) is 11.3. The Balaban J connectivity index is 1.24. The number of fused-ring (bicyclic) bond motifs is 1. The SMILES string of the molecule is O=C(CSc1ccc2ccccc2c1)Nc1ccc(NC(=O)CN2CCOCC2)cc1. The van der Waals surface area contributed by atoms with E-state index in [0.717, 1.165) is 18.0 Å². The van der Waals surface area contributed by atoms with Gasteiger partial charge in [-0.25, -0.2) is 0 Å². The van der Waals surface area contributed by atoms with E-state index in [4.69, 9.17) is 4.74 Å². The number of anilines is 2. The predicted octanol–water partition coefficient (Wildman–Crippen LogP) is 3.84. The number of hydrogen-bond donors (Lipinski definition) is 2. The molecule has 2 amide bonds. The van der Waals surface area contributed by atoms with Gasteiger partial charge in [0.1, 0.15) is 0 Å². The van der Waals surface area contributed by atoms with E-state index < -0.39 is 0 Å². The van der Waals surface area contributed by atoms with Gasteiger partial charge in [0.2, 0.25) is 11.8 Å². The van der Waals surface area contributed by atoms with Gasteiger partial charge < -0.3 is 15.4 Å². The number of thioether (sulfide) groups is 1. The van der Waals surface area contributed by atoms with Crippen LogP contribution < -0.4 is 10.6 Å². The highest BCUT2D eigenvalue weighted by Gasteiger charge is 2.14. The molecule has 0 aromatic heterocycles. The predicted molar refractivity (Wildman–Crippen MR) is 126 cm³/mol. The van der Waals surface area contributed by atoms with Crippen LogP contribution in [0.1, 0.15) is 0 Å². The summed E-state index contributed by atoms with van der Waals surface area (Å²) in [6.07, 6.45) is 0. The van der Waals surface area contributed by atoms with Gasteiger partial charge in [-0.3, -0.25) is 14.5 Å². The van der Waals surface area contributed by atoms with Crippen molar-refractivity contribution in [3.8, 4) is 0 Å². The zero-order valence-electron chi connectivity index (χ0n) is 17.2. The largest absolute Gasteiger partial charge is 0.379 e. The minimum absolute atomic E-state index is 0.0505. The maximum Gasteiger partial charge on any atom is 0.238 e. The van der Waals surface area contributed by atoms with E-state index >= 15 is 0 Å². The van der Waals surface area contributed by atoms with Gasteiger partial charge in [0, 0.05) is 29.4 Å². The summed E-state index contributed by atoms with van der Waals surface area (Å²) in [5.41, 5.74) is 1.41. The topological polar surface area (TPSA) is 70.7 Å². The Morgan fingerprint density at radius 1 is 0.839 bits per heavy atom. The molecule has 160 valence electrons. The number of benzene rings is 3. The molecule has 1 aliphatic heterocycles. The standard InChI is InChI=1S/C24H25N3O3S/c28-23(16-27-11-13-30-14-12-27)25-20-6-8-21(9-7-20)26-24(29)17-31-22-10-5-18-3-1-2-4-19(18)15-22/h1-10,15H,11-14,16-17H2,(H,25,28)(H,26,29). The normalized spacial score (nSPS) is 14.3. The molecule has 1 aliphatic rings. The molecule has 0 radical (unpaired) electrons. The third-order valence-electron chi connectivity index (χ3n) is 5.01. The molecular formula is C24H25N3O3S. The highest BCUT2D eigenvalue weighted by Crippen LogP contribution is 2.24. The van der Waals surface area contributed by atoms with Gasteiger partial charge in [0.15, 0.2) is 0 Å². The smallest absolute Gasteiger partial charge is 0.238 e. The first kappa shape index (κ1) is 21.4. The molecule has 0 spiro atoms. The van der Waals surface area contributed by atoms with Crippen LogP contribution in [-0.2, 0) is 14.3 Å². The lowest BCUT2D eigenvalue weighted by Gasteiger charge is -2.25. The minimum atomic E-state index is -0.0674. The second kappa shape index (κ2) is 10.4. The Morgan fingerprint density at radius 3 is 2.19 bits per heavy atom. The van der Waals surface area contributed by atoms with Crippen LogP contribution in [0.25, 0.3) is 10.8 Å². The molecule has 7 heteroatoms. The van der Waals surface area contributed by atoms with Crippen molar-refractivity contribution >= 4 is 45.7 Å². The fraction of sp³-hybridized carbons (Fsp3) is 0.250. The summed E-state index contributed by atoms with van der Waals surface area (Å²) in [7, 11) is 0. The molecule has 1 saturated heterocycles. The van der Waals surface area contributed by atoms with Crippen molar-refractivity contribution in [2.75, 3.05) is 49.2 Å². The molecular weight excluding hydrogens is 410 g/mol. The number of carbonyl (C=O) groups excluding carboxylic acids is 2. The monoisotopic (exact) mass is 435 g/mol. The van der Waals surface area contributed by atoms with Crippen molar-refractivity contribution in [3.05, 3.63) is 66.7 Å². The molecule has 0 unspecified atom stereocenters.